The largest absolute Gasteiger partial charge is 0.308 e. The molecule has 0 aromatic carbocycles. The zero-order valence-corrected chi connectivity index (χ0v) is 11.7. The minimum atomic E-state index is -3.42. The first kappa shape index (κ1) is 14.2. The van der Waals surface area contributed by atoms with Crippen molar-refractivity contribution in [2.75, 3.05) is 18.5 Å². The molecule has 0 bridgehead atoms. The van der Waals surface area contributed by atoms with Crippen LogP contribution in [-0.2, 0) is 10.0 Å². The van der Waals surface area contributed by atoms with E-state index in [2.05, 4.69) is 10.4 Å². The van der Waals surface area contributed by atoms with Crippen LogP contribution >= 0.6 is 0 Å². The fraction of sp³-hybridized carbons (Fsp3) is 0.583. The van der Waals surface area contributed by atoms with Gasteiger partial charge in [-0.1, -0.05) is 19.3 Å². The van der Waals surface area contributed by atoms with Crippen LogP contribution in [0.2, 0.25) is 0 Å². The van der Waals surface area contributed by atoms with Gasteiger partial charge in [0.1, 0.15) is 10.7 Å². The highest BCUT2D eigenvalue weighted by Gasteiger charge is 2.24. The molecular weight excluding hydrogens is 264 g/mol. The number of hydrazine groups is 1. The molecule has 0 saturated carbocycles. The van der Waals surface area contributed by atoms with E-state index in [1.165, 1.54) is 18.7 Å². The van der Waals surface area contributed by atoms with E-state index in [1.807, 2.05) is 0 Å². The van der Waals surface area contributed by atoms with Crippen molar-refractivity contribution in [3.05, 3.63) is 18.3 Å². The van der Waals surface area contributed by atoms with E-state index in [9.17, 15) is 8.42 Å². The number of nitrogens with one attached hydrogen (secondary N) is 1. The predicted octanol–water partition coefficient (Wildman–Crippen LogP) is 1.32. The lowest BCUT2D eigenvalue weighted by Gasteiger charge is -2.24. The molecule has 0 unspecified atom stereocenters. The monoisotopic (exact) mass is 284 g/mol. The topological polar surface area (TPSA) is 88.3 Å². The van der Waals surface area contributed by atoms with Gasteiger partial charge in [-0.15, -0.1) is 0 Å². The van der Waals surface area contributed by atoms with Gasteiger partial charge in [-0.3, -0.25) is 0 Å². The molecule has 0 spiro atoms. The van der Waals surface area contributed by atoms with Crippen LogP contribution in [-0.4, -0.2) is 30.8 Å². The molecule has 1 saturated heterocycles. The molecule has 2 heterocycles. The van der Waals surface area contributed by atoms with Crippen LogP contribution in [0.15, 0.2) is 23.2 Å². The molecule has 1 aliphatic heterocycles. The number of hydrogen-bond donors (Lipinski definition) is 2. The predicted molar refractivity (Wildman–Crippen MR) is 73.9 cm³/mol. The second-order valence-electron chi connectivity index (χ2n) is 4.70. The summed E-state index contributed by atoms with van der Waals surface area (Å²) in [7, 11) is -3.42. The Kier molecular flexibility index (Phi) is 4.73. The Balaban J connectivity index is 2.18. The Morgan fingerprint density at radius 1 is 1.11 bits per heavy atom. The van der Waals surface area contributed by atoms with Gasteiger partial charge < -0.3 is 5.43 Å². The Morgan fingerprint density at radius 2 is 1.74 bits per heavy atom. The van der Waals surface area contributed by atoms with Gasteiger partial charge in [0, 0.05) is 19.3 Å². The molecule has 0 amide bonds. The highest BCUT2D eigenvalue weighted by molar-refractivity contribution is 7.89. The van der Waals surface area contributed by atoms with Crippen LogP contribution in [0.3, 0.4) is 0 Å². The normalized spacial score (nSPS) is 18.6. The highest BCUT2D eigenvalue weighted by Crippen LogP contribution is 2.20. The molecule has 1 fully saturated rings. The zero-order chi connectivity index (χ0) is 13.7. The van der Waals surface area contributed by atoms with Crippen LogP contribution in [0.25, 0.3) is 0 Å². The van der Waals surface area contributed by atoms with E-state index < -0.39 is 10.0 Å². The van der Waals surface area contributed by atoms with Crippen molar-refractivity contribution < 1.29 is 8.42 Å². The Labute approximate surface area is 114 Å². The van der Waals surface area contributed by atoms with Gasteiger partial charge in [-0.05, 0) is 25.0 Å². The highest BCUT2D eigenvalue weighted by atomic mass is 32.2. The van der Waals surface area contributed by atoms with Gasteiger partial charge in [0.05, 0.1) is 0 Å². The summed E-state index contributed by atoms with van der Waals surface area (Å²) in [6.07, 6.45) is 6.60. The smallest absolute Gasteiger partial charge is 0.244 e. The maximum atomic E-state index is 12.5. The summed E-state index contributed by atoms with van der Waals surface area (Å²) in [4.78, 5) is 4.19. The second-order valence-corrected chi connectivity index (χ2v) is 6.63. The van der Waals surface area contributed by atoms with Crippen LogP contribution < -0.4 is 11.3 Å². The lowest BCUT2D eigenvalue weighted by atomic mass is 10.1. The maximum absolute atomic E-state index is 12.5. The number of rotatable bonds is 3. The molecule has 1 aliphatic rings. The van der Waals surface area contributed by atoms with E-state index in [1.54, 1.807) is 10.4 Å². The average molecular weight is 284 g/mol. The van der Waals surface area contributed by atoms with E-state index >= 15 is 0 Å². The number of nitrogens with zero attached hydrogens (tertiary/aromatic N) is 2. The Morgan fingerprint density at radius 3 is 2.26 bits per heavy atom. The Bertz CT molecular complexity index is 493. The van der Waals surface area contributed by atoms with E-state index in [-0.39, 0.29) is 4.90 Å². The first-order valence-electron chi connectivity index (χ1n) is 6.57. The van der Waals surface area contributed by atoms with E-state index in [4.69, 9.17) is 5.84 Å². The summed E-state index contributed by atoms with van der Waals surface area (Å²) in [6.45, 7) is 1.19. The number of pyridine rings is 1. The quantitative estimate of drug-likeness (QED) is 0.645. The lowest BCUT2D eigenvalue weighted by molar-refractivity contribution is 0.364. The molecular formula is C12H20N4O2S. The van der Waals surface area contributed by atoms with E-state index in [0.29, 0.717) is 18.9 Å². The van der Waals surface area contributed by atoms with Crippen molar-refractivity contribution in [3.63, 3.8) is 0 Å². The number of nitrogens with two attached hydrogens (primary N) is 1. The van der Waals surface area contributed by atoms with Crippen molar-refractivity contribution in [2.45, 2.75) is 37.0 Å². The minimum Gasteiger partial charge on any atom is -0.308 e. The van der Waals surface area contributed by atoms with Gasteiger partial charge in [0.15, 0.2) is 0 Å². The van der Waals surface area contributed by atoms with E-state index in [0.717, 1.165) is 25.7 Å². The third-order valence-corrected chi connectivity index (χ3v) is 5.22. The fourth-order valence-electron chi connectivity index (χ4n) is 2.23. The molecule has 0 atom stereocenters. The number of aromatic nitrogens is 1. The van der Waals surface area contributed by atoms with Crippen molar-refractivity contribution >= 4 is 15.8 Å². The van der Waals surface area contributed by atoms with Gasteiger partial charge in [-0.25, -0.2) is 19.2 Å². The average Bonchev–Trinajstić information content (AvgIpc) is 2.38. The van der Waals surface area contributed by atoms with Crippen LogP contribution in [0.4, 0.5) is 5.82 Å². The minimum absolute atomic E-state index is 0.229. The molecule has 7 heteroatoms. The van der Waals surface area contributed by atoms with Crippen molar-refractivity contribution in [1.29, 1.82) is 0 Å². The molecule has 6 nitrogen and oxygen atoms in total. The van der Waals surface area contributed by atoms with Gasteiger partial charge in [0.25, 0.3) is 0 Å². The van der Waals surface area contributed by atoms with Crippen LogP contribution in [0, 0.1) is 0 Å². The molecule has 3 N–H and O–H groups in total. The third kappa shape index (κ3) is 3.43. The number of hydrogen-bond acceptors (Lipinski definition) is 5. The van der Waals surface area contributed by atoms with Crippen molar-refractivity contribution in [1.82, 2.24) is 9.29 Å². The molecule has 19 heavy (non-hydrogen) atoms. The summed E-state index contributed by atoms with van der Waals surface area (Å²) in [6, 6.07) is 3.10. The summed E-state index contributed by atoms with van der Waals surface area (Å²) in [5.41, 5.74) is 2.38. The standard InChI is InChI=1S/C12H20N4O2S/c13-15-12-7-6-11(10-14-12)19(17,18)16-8-4-2-1-3-5-9-16/h6-7,10H,1-5,8-9,13H2,(H,14,15). The first-order chi connectivity index (χ1) is 9.14. The van der Waals surface area contributed by atoms with Crippen molar-refractivity contribution in [2.24, 2.45) is 5.84 Å². The van der Waals surface area contributed by atoms with Crippen LogP contribution in [0.5, 0.6) is 0 Å². The zero-order valence-electron chi connectivity index (χ0n) is 10.9. The first-order valence-corrected chi connectivity index (χ1v) is 8.01. The number of anilines is 1. The number of nitrogen functional groups attached to an aromatic ring is 1. The fourth-order valence-corrected chi connectivity index (χ4v) is 3.69. The SMILES string of the molecule is NNc1ccc(S(=O)(=O)N2CCCCCCC2)cn1. The van der Waals surface area contributed by atoms with Gasteiger partial charge in [0.2, 0.25) is 10.0 Å². The molecule has 1 aromatic heterocycles. The second kappa shape index (κ2) is 6.31. The molecule has 0 radical (unpaired) electrons. The third-order valence-electron chi connectivity index (χ3n) is 3.34. The molecule has 106 valence electrons. The molecule has 1 aromatic rings. The summed E-state index contributed by atoms with van der Waals surface area (Å²) >= 11 is 0. The summed E-state index contributed by atoms with van der Waals surface area (Å²) in [5.74, 6) is 5.67. The summed E-state index contributed by atoms with van der Waals surface area (Å²) in [5, 5.41) is 0. The Hall–Kier alpha value is -1.18. The molecule has 0 aliphatic carbocycles. The summed E-state index contributed by atoms with van der Waals surface area (Å²) < 4.78 is 26.5. The lowest BCUT2D eigenvalue weighted by Crippen LogP contribution is -2.33. The van der Waals surface area contributed by atoms with Gasteiger partial charge >= 0.3 is 0 Å². The van der Waals surface area contributed by atoms with Crippen LogP contribution in [0.1, 0.15) is 32.1 Å². The van der Waals surface area contributed by atoms with Gasteiger partial charge in [-0.2, -0.15) is 4.31 Å². The molecule has 2 rings (SSSR count). The van der Waals surface area contributed by atoms with Crippen molar-refractivity contribution in [3.8, 4) is 0 Å². The number of sulfonamides is 1. The maximum Gasteiger partial charge on any atom is 0.244 e.